The minimum atomic E-state index is -1.08. The highest BCUT2D eigenvalue weighted by Crippen LogP contribution is 2.35. The Morgan fingerprint density at radius 2 is 2.00 bits per heavy atom. The number of fused-ring (bicyclic) bond motifs is 3. The van der Waals surface area contributed by atoms with E-state index in [9.17, 15) is 14.7 Å². The highest BCUT2D eigenvalue weighted by atomic mass is 16.4. The molecule has 0 spiro atoms. The van der Waals surface area contributed by atoms with Crippen LogP contribution in [0.2, 0.25) is 0 Å². The van der Waals surface area contributed by atoms with Crippen molar-refractivity contribution in [1.29, 1.82) is 0 Å². The van der Waals surface area contributed by atoms with Crippen molar-refractivity contribution in [2.75, 3.05) is 0 Å². The van der Waals surface area contributed by atoms with E-state index < -0.39 is 5.97 Å². The number of carbonyl (C=O) groups is 1. The number of carboxylic acids is 1. The molecule has 3 rings (SSSR count). The molecule has 7 heteroatoms. The summed E-state index contributed by atoms with van der Waals surface area (Å²) >= 11 is 0. The van der Waals surface area contributed by atoms with Gasteiger partial charge in [0.2, 0.25) is 0 Å². The van der Waals surface area contributed by atoms with E-state index in [4.69, 9.17) is 0 Å². The van der Waals surface area contributed by atoms with Crippen LogP contribution in [-0.2, 0) is 18.4 Å². The highest BCUT2D eigenvalue weighted by molar-refractivity contribution is 5.95. The lowest BCUT2D eigenvalue weighted by Gasteiger charge is -2.24. The van der Waals surface area contributed by atoms with Crippen LogP contribution >= 0.6 is 0 Å². The lowest BCUT2D eigenvalue weighted by molar-refractivity contribution is 0.0689. The van der Waals surface area contributed by atoms with Gasteiger partial charge in [-0.3, -0.25) is 19.7 Å². The van der Waals surface area contributed by atoms with Gasteiger partial charge in [-0.25, -0.2) is 4.79 Å². The first-order valence-electron chi connectivity index (χ1n) is 6.46. The fraction of sp³-hybridized carbons (Fsp3) is 0.462. The van der Waals surface area contributed by atoms with E-state index >= 15 is 0 Å². The third-order valence-corrected chi connectivity index (χ3v) is 3.56. The van der Waals surface area contributed by atoms with Gasteiger partial charge in [0.05, 0.1) is 16.8 Å². The number of aromatic nitrogens is 4. The molecule has 0 aromatic carbocycles. The zero-order valence-corrected chi connectivity index (χ0v) is 11.6. The van der Waals surface area contributed by atoms with Crippen LogP contribution in [0, 0.1) is 0 Å². The average Bonchev–Trinajstić information content (AvgIpc) is 2.89. The van der Waals surface area contributed by atoms with Gasteiger partial charge in [0, 0.05) is 11.3 Å². The number of rotatable bonds is 1. The fourth-order valence-electron chi connectivity index (χ4n) is 2.73. The van der Waals surface area contributed by atoms with E-state index in [1.165, 1.54) is 0 Å². The molecule has 0 radical (unpaired) electrons. The number of nitrogens with zero attached hydrogens (tertiary/aromatic N) is 2. The van der Waals surface area contributed by atoms with Crippen LogP contribution in [0.1, 0.15) is 42.5 Å². The predicted molar refractivity (Wildman–Crippen MR) is 72.0 cm³/mol. The maximum absolute atomic E-state index is 11.7. The van der Waals surface area contributed by atoms with E-state index in [1.54, 1.807) is 4.68 Å². The molecule has 7 nitrogen and oxygen atoms in total. The summed E-state index contributed by atoms with van der Waals surface area (Å²) in [6.45, 7) is 5.92. The van der Waals surface area contributed by atoms with Gasteiger partial charge in [0.25, 0.3) is 5.56 Å². The van der Waals surface area contributed by atoms with Crippen molar-refractivity contribution in [3.05, 3.63) is 27.3 Å². The van der Waals surface area contributed by atoms with E-state index in [-0.39, 0.29) is 16.8 Å². The molecule has 0 unspecified atom stereocenters. The van der Waals surface area contributed by atoms with Crippen molar-refractivity contribution < 1.29 is 9.90 Å². The highest BCUT2D eigenvalue weighted by Gasteiger charge is 2.33. The van der Waals surface area contributed by atoms with Crippen LogP contribution in [0.15, 0.2) is 4.79 Å². The first-order chi connectivity index (χ1) is 9.30. The van der Waals surface area contributed by atoms with Crippen LogP contribution in [-0.4, -0.2) is 31.1 Å². The van der Waals surface area contributed by atoms with Crippen LogP contribution < -0.4 is 5.56 Å². The van der Waals surface area contributed by atoms with Gasteiger partial charge in [-0.2, -0.15) is 5.10 Å². The summed E-state index contributed by atoms with van der Waals surface area (Å²) in [6, 6.07) is 0. The van der Waals surface area contributed by atoms with E-state index in [1.807, 2.05) is 20.8 Å². The number of nitrogens with one attached hydrogen (secondary N) is 2. The molecule has 2 heterocycles. The van der Waals surface area contributed by atoms with Crippen molar-refractivity contribution in [1.82, 2.24) is 20.0 Å². The molecule has 0 atom stereocenters. The summed E-state index contributed by atoms with van der Waals surface area (Å²) < 4.78 is 1.75. The number of hydrogen-bond donors (Lipinski definition) is 3. The third kappa shape index (κ3) is 1.62. The Balaban J connectivity index is 2.36. The second-order valence-electron chi connectivity index (χ2n) is 5.99. The van der Waals surface area contributed by atoms with E-state index in [0.29, 0.717) is 29.7 Å². The molecule has 2 aromatic rings. The summed E-state index contributed by atoms with van der Waals surface area (Å²) in [4.78, 5) is 23.1. The standard InChI is InChI=1S/C13H16N4O3/c1-13(2,3)17-7-5-4-6-9(14-15-11(6)18)8(7)10(16-17)12(19)20/h4-5H2,1-3H3,(H,19,20)(H2,14,15,18). The summed E-state index contributed by atoms with van der Waals surface area (Å²) in [7, 11) is 0. The summed E-state index contributed by atoms with van der Waals surface area (Å²) in [5, 5.41) is 18.9. The molecule has 106 valence electrons. The van der Waals surface area contributed by atoms with Gasteiger partial charge in [0.15, 0.2) is 5.69 Å². The summed E-state index contributed by atoms with van der Waals surface area (Å²) in [5.74, 6) is -1.08. The molecular formula is C13H16N4O3. The molecule has 20 heavy (non-hydrogen) atoms. The van der Waals surface area contributed by atoms with Gasteiger partial charge in [-0.15, -0.1) is 0 Å². The lowest BCUT2D eigenvalue weighted by Crippen LogP contribution is -2.26. The van der Waals surface area contributed by atoms with Crippen LogP contribution in [0.25, 0.3) is 11.3 Å². The minimum absolute atomic E-state index is 0.00822. The molecule has 0 fully saturated rings. The molecule has 1 aliphatic rings. The zero-order chi connectivity index (χ0) is 14.7. The van der Waals surface area contributed by atoms with Gasteiger partial charge in [-0.1, -0.05) is 0 Å². The number of hydrogen-bond acceptors (Lipinski definition) is 3. The van der Waals surface area contributed by atoms with E-state index in [2.05, 4.69) is 15.3 Å². The maximum Gasteiger partial charge on any atom is 0.357 e. The normalized spacial score (nSPS) is 13.9. The van der Waals surface area contributed by atoms with Crippen LogP contribution in [0.5, 0.6) is 0 Å². The molecular weight excluding hydrogens is 260 g/mol. The number of carboxylic acid groups (broad SMARTS) is 1. The number of aromatic amines is 2. The van der Waals surface area contributed by atoms with Crippen molar-refractivity contribution in [2.24, 2.45) is 0 Å². The quantitative estimate of drug-likeness (QED) is 0.726. The molecule has 2 aromatic heterocycles. The second kappa shape index (κ2) is 3.84. The Bertz CT molecular complexity index is 758. The van der Waals surface area contributed by atoms with Crippen molar-refractivity contribution in [3.8, 4) is 11.3 Å². The monoisotopic (exact) mass is 276 g/mol. The molecule has 0 amide bonds. The molecule has 0 saturated heterocycles. The maximum atomic E-state index is 11.7. The first-order valence-corrected chi connectivity index (χ1v) is 6.46. The molecule has 0 aliphatic heterocycles. The Labute approximate surface area is 114 Å². The third-order valence-electron chi connectivity index (χ3n) is 3.56. The van der Waals surface area contributed by atoms with Gasteiger partial charge >= 0.3 is 5.97 Å². The fourth-order valence-corrected chi connectivity index (χ4v) is 2.73. The van der Waals surface area contributed by atoms with Crippen LogP contribution in [0.3, 0.4) is 0 Å². The lowest BCUT2D eigenvalue weighted by atomic mass is 9.93. The number of H-pyrrole nitrogens is 2. The first kappa shape index (κ1) is 12.7. The molecule has 3 N–H and O–H groups in total. The van der Waals surface area contributed by atoms with Gasteiger partial charge in [-0.05, 0) is 33.6 Å². The Morgan fingerprint density at radius 1 is 1.30 bits per heavy atom. The largest absolute Gasteiger partial charge is 0.476 e. The Kier molecular flexibility index (Phi) is 2.44. The van der Waals surface area contributed by atoms with E-state index in [0.717, 1.165) is 5.69 Å². The second-order valence-corrected chi connectivity index (χ2v) is 5.99. The van der Waals surface area contributed by atoms with Crippen LogP contribution in [0.4, 0.5) is 0 Å². The Hall–Kier alpha value is -2.31. The predicted octanol–water partition coefficient (Wildman–Crippen LogP) is 1.12. The Morgan fingerprint density at radius 3 is 2.60 bits per heavy atom. The SMILES string of the molecule is CC(C)(C)n1nc(C(=O)O)c2c1CCc1c-2[nH][nH]c1=O. The zero-order valence-electron chi connectivity index (χ0n) is 11.6. The smallest absolute Gasteiger partial charge is 0.357 e. The summed E-state index contributed by atoms with van der Waals surface area (Å²) in [6.07, 6.45) is 1.20. The number of aromatic carboxylic acids is 1. The minimum Gasteiger partial charge on any atom is -0.476 e. The molecule has 0 saturated carbocycles. The topological polar surface area (TPSA) is 104 Å². The average molecular weight is 276 g/mol. The molecule has 1 aliphatic carbocycles. The van der Waals surface area contributed by atoms with Crippen molar-refractivity contribution in [2.45, 2.75) is 39.2 Å². The van der Waals surface area contributed by atoms with Gasteiger partial charge in [0.1, 0.15) is 0 Å². The van der Waals surface area contributed by atoms with Crippen molar-refractivity contribution >= 4 is 5.97 Å². The summed E-state index contributed by atoms with van der Waals surface area (Å²) in [5.41, 5.74) is 2.05. The van der Waals surface area contributed by atoms with Crippen molar-refractivity contribution in [3.63, 3.8) is 0 Å². The van der Waals surface area contributed by atoms with Gasteiger partial charge < -0.3 is 5.11 Å². The molecule has 0 bridgehead atoms.